The van der Waals surface area contributed by atoms with E-state index in [9.17, 15) is 15.0 Å². The molecule has 0 bridgehead atoms. The summed E-state index contributed by atoms with van der Waals surface area (Å²) in [6, 6.07) is 0. The van der Waals surface area contributed by atoms with Crippen molar-refractivity contribution in [2.75, 3.05) is 0 Å². The monoisotopic (exact) mass is 350 g/mol. The van der Waals surface area contributed by atoms with Crippen LogP contribution in [0.5, 0.6) is 0 Å². The van der Waals surface area contributed by atoms with Crippen molar-refractivity contribution in [2.45, 2.75) is 83.7 Å². The Bertz CT molecular complexity index is 494. The quantitative estimate of drug-likeness (QED) is 0.295. The maximum absolute atomic E-state index is 10.6. The van der Waals surface area contributed by atoms with E-state index in [4.69, 9.17) is 5.11 Å². The van der Waals surface area contributed by atoms with Crippen LogP contribution < -0.4 is 0 Å². The third kappa shape index (κ3) is 5.88. The van der Waals surface area contributed by atoms with Crippen LogP contribution in [0, 0.1) is 17.8 Å². The highest BCUT2D eigenvalue weighted by Crippen LogP contribution is 2.51. The van der Waals surface area contributed by atoms with Gasteiger partial charge in [-0.15, -0.1) is 0 Å². The van der Waals surface area contributed by atoms with Crippen LogP contribution >= 0.6 is 0 Å². The number of hydrogen-bond donors (Lipinski definition) is 3. The summed E-state index contributed by atoms with van der Waals surface area (Å²) in [5.74, 6) is 0.345. The minimum absolute atomic E-state index is 0.110. The number of carboxylic acids is 1. The Morgan fingerprint density at radius 1 is 1.12 bits per heavy atom. The van der Waals surface area contributed by atoms with Crippen molar-refractivity contribution in [1.29, 1.82) is 0 Å². The topological polar surface area (TPSA) is 77.8 Å². The number of aliphatic hydroxyl groups is 2. The Hall–Kier alpha value is -1.29. The minimum atomic E-state index is -0.737. The zero-order chi connectivity index (χ0) is 18.2. The summed E-state index contributed by atoms with van der Waals surface area (Å²) in [7, 11) is 0. The number of rotatable bonds is 10. The van der Waals surface area contributed by atoms with Gasteiger partial charge in [0.1, 0.15) is 0 Å². The fourth-order valence-corrected chi connectivity index (χ4v) is 4.56. The third-order valence-corrected chi connectivity index (χ3v) is 5.83. The molecule has 0 aromatic rings. The Balaban J connectivity index is 1.85. The van der Waals surface area contributed by atoms with Gasteiger partial charge < -0.3 is 15.3 Å². The largest absolute Gasteiger partial charge is 0.512 e. The van der Waals surface area contributed by atoms with Crippen LogP contribution in [0.2, 0.25) is 0 Å². The van der Waals surface area contributed by atoms with Gasteiger partial charge in [0.15, 0.2) is 0 Å². The van der Waals surface area contributed by atoms with Gasteiger partial charge >= 0.3 is 5.97 Å². The average Bonchev–Trinajstić information content (AvgIpc) is 3.06. The highest BCUT2D eigenvalue weighted by molar-refractivity contribution is 5.66. The first kappa shape index (κ1) is 20.0. The molecule has 2 aliphatic carbocycles. The predicted octanol–water partition coefficient (Wildman–Crippen LogP) is 4.99. The molecule has 2 fully saturated rings. The van der Waals surface area contributed by atoms with Crippen molar-refractivity contribution in [2.24, 2.45) is 17.8 Å². The molecule has 0 spiro atoms. The van der Waals surface area contributed by atoms with Gasteiger partial charge in [-0.2, -0.15) is 0 Å². The Kier molecular flexibility index (Phi) is 8.01. The van der Waals surface area contributed by atoms with Crippen molar-refractivity contribution in [3.05, 3.63) is 23.5 Å². The molecule has 0 aromatic heterocycles. The van der Waals surface area contributed by atoms with E-state index in [0.717, 1.165) is 38.5 Å². The van der Waals surface area contributed by atoms with E-state index in [2.05, 4.69) is 13.0 Å². The molecule has 2 aliphatic rings. The molecule has 25 heavy (non-hydrogen) atoms. The van der Waals surface area contributed by atoms with E-state index < -0.39 is 12.1 Å². The molecule has 142 valence electrons. The van der Waals surface area contributed by atoms with Gasteiger partial charge in [-0.25, -0.2) is 0 Å². The third-order valence-electron chi connectivity index (χ3n) is 5.83. The summed E-state index contributed by atoms with van der Waals surface area (Å²) in [5, 5.41) is 29.6. The van der Waals surface area contributed by atoms with Gasteiger partial charge in [-0.3, -0.25) is 4.79 Å². The van der Waals surface area contributed by atoms with E-state index in [-0.39, 0.29) is 12.3 Å². The molecule has 3 N–H and O–H groups in total. The Labute approximate surface area is 151 Å². The van der Waals surface area contributed by atoms with Crippen LogP contribution in [0.1, 0.15) is 77.6 Å². The first-order chi connectivity index (χ1) is 12.0. The summed E-state index contributed by atoms with van der Waals surface area (Å²) in [4.78, 5) is 10.6. The summed E-state index contributed by atoms with van der Waals surface area (Å²) in [6.45, 7) is 2.19. The lowest BCUT2D eigenvalue weighted by Crippen LogP contribution is -2.21. The van der Waals surface area contributed by atoms with Crippen LogP contribution in [0.25, 0.3) is 0 Å². The molecule has 4 nitrogen and oxygen atoms in total. The fourth-order valence-electron chi connectivity index (χ4n) is 4.56. The lowest BCUT2D eigenvalue weighted by molar-refractivity contribution is -0.137. The SMILES string of the molecule is CCCCCCC=C(O)[C@H]1[C@@H]2C/C(=C/CCCC(=O)O)C[C@H]2C[C@@H]1O. The van der Waals surface area contributed by atoms with Crippen molar-refractivity contribution >= 4 is 5.97 Å². The van der Waals surface area contributed by atoms with Gasteiger partial charge in [0.05, 0.1) is 11.9 Å². The summed E-state index contributed by atoms with van der Waals surface area (Å²) >= 11 is 0. The summed E-state index contributed by atoms with van der Waals surface area (Å²) < 4.78 is 0. The second-order valence-corrected chi connectivity index (χ2v) is 7.79. The lowest BCUT2D eigenvalue weighted by atomic mass is 9.89. The maximum Gasteiger partial charge on any atom is 0.303 e. The zero-order valence-electron chi connectivity index (χ0n) is 15.5. The second kappa shape index (κ2) is 10.0. The average molecular weight is 350 g/mol. The highest BCUT2D eigenvalue weighted by Gasteiger charge is 2.47. The number of aliphatic carboxylic acids is 1. The van der Waals surface area contributed by atoms with Crippen LogP contribution in [-0.2, 0) is 4.79 Å². The van der Waals surface area contributed by atoms with E-state index in [0.29, 0.717) is 24.0 Å². The molecule has 0 amide bonds. The molecule has 0 saturated heterocycles. The van der Waals surface area contributed by atoms with Gasteiger partial charge in [0.2, 0.25) is 0 Å². The van der Waals surface area contributed by atoms with Gasteiger partial charge in [0, 0.05) is 12.3 Å². The molecular weight excluding hydrogens is 316 g/mol. The highest BCUT2D eigenvalue weighted by atomic mass is 16.4. The van der Waals surface area contributed by atoms with Crippen molar-refractivity contribution in [3.8, 4) is 0 Å². The number of aliphatic hydroxyl groups excluding tert-OH is 2. The van der Waals surface area contributed by atoms with Crippen molar-refractivity contribution in [1.82, 2.24) is 0 Å². The fraction of sp³-hybridized carbons (Fsp3) is 0.762. The van der Waals surface area contributed by atoms with Gasteiger partial charge in [-0.05, 0) is 62.9 Å². The number of carboxylic acid groups (broad SMARTS) is 1. The van der Waals surface area contributed by atoms with Gasteiger partial charge in [0.25, 0.3) is 0 Å². The Morgan fingerprint density at radius 2 is 1.92 bits per heavy atom. The number of carbonyl (C=O) groups is 1. The Morgan fingerprint density at radius 3 is 2.64 bits per heavy atom. The van der Waals surface area contributed by atoms with Crippen LogP contribution in [0.3, 0.4) is 0 Å². The summed E-state index contributed by atoms with van der Waals surface area (Å²) in [5.41, 5.74) is 1.38. The molecule has 0 aromatic carbocycles. The van der Waals surface area contributed by atoms with E-state index in [1.807, 2.05) is 6.08 Å². The standard InChI is InChI=1S/C21H34O4/c1-2-3-4-5-6-10-18(22)21-17-13-15(9-7-8-11-20(24)25)12-16(17)14-19(21)23/h9-10,16-17,19,21-23H,2-8,11-14H2,1H3,(H,24,25)/b15-9+,18-10?/t16-,17+,19-,21+/m0/s1. The first-order valence-electron chi connectivity index (χ1n) is 9.99. The molecule has 4 atom stereocenters. The van der Waals surface area contributed by atoms with Crippen LogP contribution in [-0.4, -0.2) is 27.4 Å². The normalized spacial score (nSPS) is 30.8. The summed E-state index contributed by atoms with van der Waals surface area (Å²) in [6.07, 6.45) is 13.8. The van der Waals surface area contributed by atoms with Crippen LogP contribution in [0.4, 0.5) is 0 Å². The number of hydrogen-bond acceptors (Lipinski definition) is 3. The second-order valence-electron chi connectivity index (χ2n) is 7.79. The molecule has 2 rings (SSSR count). The zero-order valence-corrected chi connectivity index (χ0v) is 15.5. The molecule has 0 unspecified atom stereocenters. The molecule has 0 heterocycles. The van der Waals surface area contributed by atoms with Crippen LogP contribution in [0.15, 0.2) is 23.5 Å². The molecule has 2 saturated carbocycles. The number of unbranched alkanes of at least 4 members (excludes halogenated alkanes) is 5. The maximum atomic E-state index is 10.6. The number of allylic oxidation sites excluding steroid dienone is 3. The molecule has 4 heteroatoms. The van der Waals surface area contributed by atoms with Gasteiger partial charge in [-0.1, -0.05) is 37.8 Å². The smallest absolute Gasteiger partial charge is 0.303 e. The van der Waals surface area contributed by atoms with E-state index in [1.54, 1.807) is 0 Å². The van der Waals surface area contributed by atoms with E-state index >= 15 is 0 Å². The van der Waals surface area contributed by atoms with Crippen molar-refractivity contribution < 1.29 is 20.1 Å². The van der Waals surface area contributed by atoms with E-state index in [1.165, 1.54) is 24.8 Å². The molecular formula is C21H34O4. The molecule has 0 radical (unpaired) electrons. The van der Waals surface area contributed by atoms with Crippen molar-refractivity contribution in [3.63, 3.8) is 0 Å². The predicted molar refractivity (Wildman–Crippen MR) is 99.4 cm³/mol. The minimum Gasteiger partial charge on any atom is -0.512 e. The first-order valence-corrected chi connectivity index (χ1v) is 9.99. The molecule has 0 aliphatic heterocycles. The lowest BCUT2D eigenvalue weighted by Gasteiger charge is -2.20. The number of fused-ring (bicyclic) bond motifs is 1.